The van der Waals surface area contributed by atoms with Crippen LogP contribution in [0.5, 0.6) is 0 Å². The third-order valence-electron chi connectivity index (χ3n) is 13.7. The molecule has 0 N–H and O–H groups in total. The molecule has 0 aromatic rings. The Hall–Kier alpha value is -4.45. The van der Waals surface area contributed by atoms with Crippen molar-refractivity contribution in [1.82, 2.24) is 0 Å². The zero-order valence-electron chi connectivity index (χ0n) is 51.3. The van der Waals surface area contributed by atoms with Gasteiger partial charge in [-0.2, -0.15) is 0 Å². The third kappa shape index (κ3) is 64.3. The van der Waals surface area contributed by atoms with Gasteiger partial charge in [-0.3, -0.25) is 14.4 Å². The SMILES string of the molecule is CC/C=C\C/C=C\C/C=C\C/C=C\C/C=C\C/C=C\C/C=C\CCCCCC(=O)OC(COC(=O)CCCCCCC)COC(=O)CCCCCCCCCCCCCCCCCCCC/C=C\C/C=C\C/C=C\C/C=C\CC. The monoisotopic (exact) mass is 1090 g/mol. The number of hydrogen-bond acceptors (Lipinski definition) is 6. The summed E-state index contributed by atoms with van der Waals surface area (Å²) in [5, 5.41) is 0. The Morgan fingerprint density at radius 3 is 0.785 bits per heavy atom. The van der Waals surface area contributed by atoms with Crippen LogP contribution in [0.15, 0.2) is 134 Å². The second-order valence-electron chi connectivity index (χ2n) is 21.3. The molecule has 1 atom stereocenters. The molecule has 0 bridgehead atoms. The summed E-state index contributed by atoms with van der Waals surface area (Å²) >= 11 is 0. The minimum atomic E-state index is -0.796. The van der Waals surface area contributed by atoms with Crippen molar-refractivity contribution in [3.05, 3.63) is 134 Å². The van der Waals surface area contributed by atoms with E-state index < -0.39 is 6.10 Å². The van der Waals surface area contributed by atoms with Gasteiger partial charge in [-0.15, -0.1) is 0 Å². The van der Waals surface area contributed by atoms with E-state index in [1.165, 1.54) is 103 Å². The highest BCUT2D eigenvalue weighted by Gasteiger charge is 2.19. The Labute approximate surface area is 487 Å². The number of carbonyl (C=O) groups excluding carboxylic acids is 3. The number of allylic oxidation sites excluding steroid dienone is 22. The lowest BCUT2D eigenvalue weighted by molar-refractivity contribution is -0.167. The lowest BCUT2D eigenvalue weighted by Crippen LogP contribution is -2.30. The quantitative estimate of drug-likeness (QED) is 0.0261. The lowest BCUT2D eigenvalue weighted by Gasteiger charge is -2.18. The van der Waals surface area contributed by atoms with E-state index in [1.54, 1.807) is 0 Å². The normalized spacial score (nSPS) is 13.0. The summed E-state index contributed by atoms with van der Waals surface area (Å²) in [4.78, 5) is 37.9. The van der Waals surface area contributed by atoms with E-state index in [4.69, 9.17) is 14.2 Å². The van der Waals surface area contributed by atoms with Gasteiger partial charge >= 0.3 is 17.9 Å². The highest BCUT2D eigenvalue weighted by Crippen LogP contribution is 2.16. The fraction of sp³-hybridized carbons (Fsp3) is 0.658. The number of rotatable bonds is 58. The molecule has 1 unspecified atom stereocenters. The Kier molecular flexibility index (Phi) is 62.3. The van der Waals surface area contributed by atoms with Gasteiger partial charge in [0.05, 0.1) is 0 Å². The smallest absolute Gasteiger partial charge is 0.306 e. The van der Waals surface area contributed by atoms with Crippen molar-refractivity contribution < 1.29 is 28.6 Å². The molecule has 0 aliphatic carbocycles. The molecule has 448 valence electrons. The van der Waals surface area contributed by atoms with Crippen molar-refractivity contribution in [1.29, 1.82) is 0 Å². The zero-order chi connectivity index (χ0) is 57.1. The van der Waals surface area contributed by atoms with Crippen molar-refractivity contribution in [3.63, 3.8) is 0 Å². The predicted octanol–water partition coefficient (Wildman–Crippen LogP) is 22.5. The van der Waals surface area contributed by atoms with E-state index in [9.17, 15) is 14.4 Å². The Morgan fingerprint density at radius 1 is 0.266 bits per heavy atom. The van der Waals surface area contributed by atoms with Gasteiger partial charge < -0.3 is 14.2 Å². The molecule has 0 aromatic carbocycles. The molecular formula is C73H120O6. The molecule has 0 saturated heterocycles. The van der Waals surface area contributed by atoms with Gasteiger partial charge in [0.15, 0.2) is 6.10 Å². The molecule has 6 nitrogen and oxygen atoms in total. The average Bonchev–Trinajstić information content (AvgIpc) is 3.45. The van der Waals surface area contributed by atoms with E-state index in [-0.39, 0.29) is 37.5 Å². The molecule has 0 saturated carbocycles. The number of unbranched alkanes of at least 4 members (excludes halogenated alkanes) is 25. The molecule has 0 spiro atoms. The van der Waals surface area contributed by atoms with Crippen LogP contribution < -0.4 is 0 Å². The van der Waals surface area contributed by atoms with Crippen molar-refractivity contribution in [3.8, 4) is 0 Å². The fourth-order valence-corrected chi connectivity index (χ4v) is 8.83. The summed E-state index contributed by atoms with van der Waals surface area (Å²) in [5.41, 5.74) is 0. The Morgan fingerprint density at radius 2 is 0.494 bits per heavy atom. The van der Waals surface area contributed by atoms with Gasteiger partial charge in [0, 0.05) is 19.3 Å². The van der Waals surface area contributed by atoms with Gasteiger partial charge in [-0.25, -0.2) is 0 Å². The molecule has 0 amide bonds. The summed E-state index contributed by atoms with van der Waals surface area (Å²) in [5.74, 6) is -0.937. The topological polar surface area (TPSA) is 78.9 Å². The van der Waals surface area contributed by atoms with Crippen LogP contribution in [0.1, 0.15) is 290 Å². The van der Waals surface area contributed by atoms with Gasteiger partial charge in [0.2, 0.25) is 0 Å². The van der Waals surface area contributed by atoms with Crippen molar-refractivity contribution >= 4 is 17.9 Å². The highest BCUT2D eigenvalue weighted by molar-refractivity contribution is 5.71. The van der Waals surface area contributed by atoms with Crippen molar-refractivity contribution in [2.24, 2.45) is 0 Å². The van der Waals surface area contributed by atoms with Gasteiger partial charge in [-0.1, -0.05) is 289 Å². The maximum atomic E-state index is 12.8. The van der Waals surface area contributed by atoms with Crippen LogP contribution in [0.2, 0.25) is 0 Å². The number of hydrogen-bond donors (Lipinski definition) is 0. The van der Waals surface area contributed by atoms with Crippen LogP contribution in [0.25, 0.3) is 0 Å². The number of carbonyl (C=O) groups is 3. The number of esters is 3. The summed E-state index contributed by atoms with van der Waals surface area (Å²) < 4.78 is 16.7. The van der Waals surface area contributed by atoms with E-state index in [0.717, 1.165) is 148 Å². The van der Waals surface area contributed by atoms with E-state index in [0.29, 0.717) is 12.8 Å². The molecule has 0 aliphatic rings. The average molecular weight is 1090 g/mol. The molecule has 0 aliphatic heterocycles. The standard InChI is InChI=1S/C73H120O6/c1-4-7-10-13-15-17-19-21-23-25-27-29-31-33-34-35-36-37-38-40-41-43-45-47-49-51-53-55-57-60-63-66-72(75)78-69-70(68-77-71(74)65-62-59-12-9-6-3)79-73(76)67-64-61-58-56-54-52-50-48-46-44-42-39-32-30-28-26-24-22-20-18-16-14-11-8-5-2/h7-8,10-11,15-18,21-24,27-30,39,42,46,48,52,54,70H,4-6,9,12-14,19-20,25-26,31-38,40-41,43-45,47,49-51,53,55-69H2,1-3H3/b10-7-,11-8-,17-15-,18-16-,23-21-,24-22-,29-27-,30-28-,42-39-,48-46-,54-52-. The van der Waals surface area contributed by atoms with Crippen molar-refractivity contribution in [2.45, 2.75) is 297 Å². The summed E-state index contributed by atoms with van der Waals surface area (Å²) in [7, 11) is 0. The first kappa shape index (κ1) is 74.5. The Bertz CT molecular complexity index is 1680. The van der Waals surface area contributed by atoms with E-state index >= 15 is 0 Å². The molecule has 79 heavy (non-hydrogen) atoms. The minimum Gasteiger partial charge on any atom is -0.462 e. The van der Waals surface area contributed by atoms with Gasteiger partial charge in [0.1, 0.15) is 13.2 Å². The first-order valence-corrected chi connectivity index (χ1v) is 32.7. The van der Waals surface area contributed by atoms with E-state index in [1.807, 2.05) is 0 Å². The first-order chi connectivity index (χ1) is 39.0. The third-order valence-corrected chi connectivity index (χ3v) is 13.7. The van der Waals surface area contributed by atoms with Crippen LogP contribution in [0.4, 0.5) is 0 Å². The van der Waals surface area contributed by atoms with Crippen molar-refractivity contribution in [2.75, 3.05) is 13.2 Å². The van der Waals surface area contributed by atoms with Crippen LogP contribution in [-0.2, 0) is 28.6 Å². The minimum absolute atomic E-state index is 0.0927. The predicted molar refractivity (Wildman–Crippen MR) is 343 cm³/mol. The first-order valence-electron chi connectivity index (χ1n) is 32.7. The second-order valence-corrected chi connectivity index (χ2v) is 21.3. The summed E-state index contributed by atoms with van der Waals surface area (Å²) in [6.45, 7) is 6.31. The maximum absolute atomic E-state index is 12.8. The molecule has 6 heteroatoms. The molecular weight excluding hydrogens is 973 g/mol. The van der Waals surface area contributed by atoms with E-state index in [2.05, 4.69) is 154 Å². The highest BCUT2D eigenvalue weighted by atomic mass is 16.6. The summed E-state index contributed by atoms with van der Waals surface area (Å²) in [6.07, 6.45) is 93.8. The summed E-state index contributed by atoms with van der Waals surface area (Å²) in [6, 6.07) is 0. The van der Waals surface area contributed by atoms with Crippen LogP contribution >= 0.6 is 0 Å². The van der Waals surface area contributed by atoms with Gasteiger partial charge in [0.25, 0.3) is 0 Å². The molecule has 0 aromatic heterocycles. The van der Waals surface area contributed by atoms with Crippen LogP contribution in [-0.4, -0.2) is 37.2 Å². The molecule has 0 rings (SSSR count). The number of ether oxygens (including phenoxy) is 3. The molecule has 0 heterocycles. The second kappa shape index (κ2) is 66.1. The van der Waals surface area contributed by atoms with Crippen LogP contribution in [0.3, 0.4) is 0 Å². The maximum Gasteiger partial charge on any atom is 0.306 e. The molecule has 0 radical (unpaired) electrons. The zero-order valence-corrected chi connectivity index (χ0v) is 51.3. The van der Waals surface area contributed by atoms with Crippen LogP contribution in [0, 0.1) is 0 Å². The lowest BCUT2D eigenvalue weighted by atomic mass is 10.0. The fourth-order valence-electron chi connectivity index (χ4n) is 8.83. The Balaban J connectivity index is 4.07. The molecule has 0 fully saturated rings. The largest absolute Gasteiger partial charge is 0.462 e. The van der Waals surface area contributed by atoms with Gasteiger partial charge in [-0.05, 0) is 116 Å².